The highest BCUT2D eigenvalue weighted by molar-refractivity contribution is 6.29. The van der Waals surface area contributed by atoms with Crippen LogP contribution in [0.5, 0.6) is 11.6 Å². The lowest BCUT2D eigenvalue weighted by atomic mass is 10.2. The Morgan fingerprint density at radius 3 is 2.69 bits per heavy atom. The van der Waals surface area contributed by atoms with Crippen LogP contribution in [-0.2, 0) is 0 Å². The van der Waals surface area contributed by atoms with E-state index >= 15 is 0 Å². The molecule has 0 saturated heterocycles. The van der Waals surface area contributed by atoms with Gasteiger partial charge >= 0.3 is 0 Å². The Balaban J connectivity index is 3.27. The van der Waals surface area contributed by atoms with Crippen LogP contribution in [0.25, 0.3) is 0 Å². The van der Waals surface area contributed by atoms with E-state index in [0.29, 0.717) is 0 Å². The number of hydrogen-bond acceptors (Lipinski definition) is 3. The van der Waals surface area contributed by atoms with Crippen molar-refractivity contribution >= 4 is 11.6 Å². The molecule has 1 rings (SSSR count). The summed E-state index contributed by atoms with van der Waals surface area (Å²) in [5, 5.41) is 9.01. The summed E-state index contributed by atoms with van der Waals surface area (Å²) in [4.78, 5) is 3.49. The van der Waals surface area contributed by atoms with Crippen molar-refractivity contribution in [1.82, 2.24) is 4.98 Å². The Hall–Kier alpha value is -1.10. The van der Waals surface area contributed by atoms with Gasteiger partial charge in [-0.05, 0) is 6.07 Å². The van der Waals surface area contributed by atoms with Gasteiger partial charge in [-0.2, -0.15) is 4.98 Å². The Morgan fingerprint density at radius 2 is 2.23 bits per heavy atom. The molecule has 1 aromatic heterocycles. The second kappa shape index (κ2) is 3.74. The maximum atomic E-state index is 12.2. The zero-order valence-corrected chi connectivity index (χ0v) is 7.35. The topological polar surface area (TPSA) is 42.4 Å². The highest BCUT2D eigenvalue weighted by Crippen LogP contribution is 2.35. The summed E-state index contributed by atoms with van der Waals surface area (Å²) in [6.45, 7) is 0. The van der Waals surface area contributed by atoms with E-state index in [2.05, 4.69) is 9.72 Å². The third-order valence-electron chi connectivity index (χ3n) is 1.39. The molecule has 72 valence electrons. The smallest absolute Gasteiger partial charge is 0.267 e. The summed E-state index contributed by atoms with van der Waals surface area (Å²) < 4.78 is 29.0. The molecule has 1 heterocycles. The molecular formula is C7H6ClF2NO2. The van der Waals surface area contributed by atoms with E-state index in [0.717, 1.165) is 6.07 Å². The van der Waals surface area contributed by atoms with Crippen LogP contribution >= 0.6 is 11.6 Å². The standard InChI is InChI=1S/C7H6ClF2NO2/c1-13-7-5(12)3(6(9)10)2-4(8)11-7/h2,6,12H,1H3. The van der Waals surface area contributed by atoms with Crippen LogP contribution < -0.4 is 4.74 Å². The van der Waals surface area contributed by atoms with Gasteiger partial charge in [-0.1, -0.05) is 11.6 Å². The first-order valence-corrected chi connectivity index (χ1v) is 3.65. The lowest BCUT2D eigenvalue weighted by Crippen LogP contribution is -1.93. The molecule has 0 aromatic carbocycles. The van der Waals surface area contributed by atoms with Crippen LogP contribution in [0.1, 0.15) is 12.0 Å². The first kappa shape index (κ1) is 9.98. The summed E-state index contributed by atoms with van der Waals surface area (Å²) >= 11 is 5.41. The Morgan fingerprint density at radius 1 is 1.62 bits per heavy atom. The first-order chi connectivity index (χ1) is 6.06. The fourth-order valence-corrected chi connectivity index (χ4v) is 1.01. The minimum atomic E-state index is -2.81. The number of aromatic hydroxyl groups is 1. The number of halogens is 3. The van der Waals surface area contributed by atoms with E-state index < -0.39 is 17.7 Å². The molecule has 0 atom stereocenters. The average molecular weight is 210 g/mol. The molecule has 1 N–H and O–H groups in total. The summed E-state index contributed by atoms with van der Waals surface area (Å²) in [7, 11) is 1.20. The molecule has 0 aliphatic heterocycles. The van der Waals surface area contributed by atoms with Crippen molar-refractivity contribution in [3.8, 4) is 11.6 Å². The normalized spacial score (nSPS) is 10.5. The van der Waals surface area contributed by atoms with Crippen LogP contribution in [0.2, 0.25) is 5.15 Å². The van der Waals surface area contributed by atoms with E-state index in [1.54, 1.807) is 0 Å². The first-order valence-electron chi connectivity index (χ1n) is 3.27. The molecule has 0 bridgehead atoms. The molecule has 0 fully saturated rings. The van der Waals surface area contributed by atoms with E-state index in [9.17, 15) is 8.78 Å². The maximum absolute atomic E-state index is 12.2. The molecule has 0 saturated carbocycles. The van der Waals surface area contributed by atoms with Gasteiger partial charge in [0.25, 0.3) is 12.3 Å². The fourth-order valence-electron chi connectivity index (χ4n) is 0.811. The maximum Gasteiger partial charge on any atom is 0.267 e. The van der Waals surface area contributed by atoms with Gasteiger partial charge in [-0.25, -0.2) is 8.78 Å². The van der Waals surface area contributed by atoms with Gasteiger partial charge in [0.2, 0.25) is 0 Å². The number of nitrogens with zero attached hydrogens (tertiary/aromatic N) is 1. The number of aromatic nitrogens is 1. The number of hydrogen-bond donors (Lipinski definition) is 1. The van der Waals surface area contributed by atoms with Gasteiger partial charge in [-0.3, -0.25) is 0 Å². The molecule has 0 spiro atoms. The van der Waals surface area contributed by atoms with Crippen molar-refractivity contribution in [3.63, 3.8) is 0 Å². The molecule has 0 amide bonds. The number of rotatable bonds is 2. The predicted octanol–water partition coefficient (Wildman–Crippen LogP) is 2.39. The molecular weight excluding hydrogens is 204 g/mol. The predicted molar refractivity (Wildman–Crippen MR) is 42.4 cm³/mol. The average Bonchev–Trinajstić information content (AvgIpc) is 2.08. The Labute approximate surface area is 77.9 Å². The Kier molecular flexibility index (Phi) is 2.87. The monoisotopic (exact) mass is 209 g/mol. The van der Waals surface area contributed by atoms with Gasteiger partial charge in [0.1, 0.15) is 5.15 Å². The number of methoxy groups -OCH3 is 1. The molecule has 0 aliphatic carbocycles. The van der Waals surface area contributed by atoms with Crippen molar-refractivity contribution in [1.29, 1.82) is 0 Å². The zero-order chi connectivity index (χ0) is 10.0. The van der Waals surface area contributed by atoms with Gasteiger partial charge in [0, 0.05) is 0 Å². The molecule has 13 heavy (non-hydrogen) atoms. The number of ether oxygens (including phenoxy) is 1. The molecule has 6 heteroatoms. The van der Waals surface area contributed by atoms with E-state index in [1.165, 1.54) is 7.11 Å². The largest absolute Gasteiger partial charge is 0.503 e. The van der Waals surface area contributed by atoms with Crippen molar-refractivity contribution in [2.45, 2.75) is 6.43 Å². The Bertz CT molecular complexity index is 320. The van der Waals surface area contributed by atoms with E-state index in [4.69, 9.17) is 16.7 Å². The number of alkyl halides is 2. The quantitative estimate of drug-likeness (QED) is 0.761. The van der Waals surface area contributed by atoms with Gasteiger partial charge in [0.15, 0.2) is 5.75 Å². The van der Waals surface area contributed by atoms with Crippen molar-refractivity contribution in [2.75, 3.05) is 7.11 Å². The van der Waals surface area contributed by atoms with Crippen molar-refractivity contribution < 1.29 is 18.6 Å². The van der Waals surface area contributed by atoms with Gasteiger partial charge < -0.3 is 9.84 Å². The lowest BCUT2D eigenvalue weighted by molar-refractivity contribution is 0.146. The highest BCUT2D eigenvalue weighted by atomic mass is 35.5. The zero-order valence-electron chi connectivity index (χ0n) is 6.59. The molecule has 3 nitrogen and oxygen atoms in total. The van der Waals surface area contributed by atoms with Crippen LogP contribution in [0.3, 0.4) is 0 Å². The summed E-state index contributed by atoms with van der Waals surface area (Å²) in [6.07, 6.45) is -2.81. The van der Waals surface area contributed by atoms with Gasteiger partial charge in [0.05, 0.1) is 12.7 Å². The molecule has 0 aliphatic rings. The number of pyridine rings is 1. The van der Waals surface area contributed by atoms with E-state index in [1.807, 2.05) is 0 Å². The second-order valence-electron chi connectivity index (χ2n) is 2.19. The third kappa shape index (κ3) is 1.98. The third-order valence-corrected chi connectivity index (χ3v) is 1.58. The second-order valence-corrected chi connectivity index (χ2v) is 2.58. The lowest BCUT2D eigenvalue weighted by Gasteiger charge is -2.07. The van der Waals surface area contributed by atoms with Crippen LogP contribution in [0, 0.1) is 0 Å². The summed E-state index contributed by atoms with van der Waals surface area (Å²) in [5.41, 5.74) is -0.586. The molecule has 0 unspecified atom stereocenters. The SMILES string of the molecule is COc1nc(Cl)cc(C(F)F)c1O. The fraction of sp³-hybridized carbons (Fsp3) is 0.286. The molecule has 0 radical (unpaired) electrons. The van der Waals surface area contributed by atoms with Crippen LogP contribution in [0.4, 0.5) is 8.78 Å². The minimum Gasteiger partial charge on any atom is -0.503 e. The minimum absolute atomic E-state index is 0.148. The van der Waals surface area contributed by atoms with Crippen LogP contribution in [0.15, 0.2) is 6.07 Å². The highest BCUT2D eigenvalue weighted by Gasteiger charge is 2.18. The van der Waals surface area contributed by atoms with Gasteiger partial charge in [-0.15, -0.1) is 0 Å². The van der Waals surface area contributed by atoms with Crippen molar-refractivity contribution in [2.24, 2.45) is 0 Å². The summed E-state index contributed by atoms with van der Waals surface area (Å²) in [5.74, 6) is -0.982. The van der Waals surface area contributed by atoms with Crippen LogP contribution in [-0.4, -0.2) is 17.2 Å². The van der Waals surface area contributed by atoms with Crippen molar-refractivity contribution in [3.05, 3.63) is 16.8 Å². The van der Waals surface area contributed by atoms with E-state index in [-0.39, 0.29) is 11.0 Å². The molecule has 1 aromatic rings. The summed E-state index contributed by atoms with van der Waals surface area (Å²) in [6, 6.07) is 0.893.